The van der Waals surface area contributed by atoms with Crippen molar-refractivity contribution in [2.45, 2.75) is 25.5 Å². The summed E-state index contributed by atoms with van der Waals surface area (Å²) in [7, 11) is 4.28. The fourth-order valence-corrected chi connectivity index (χ4v) is 3.15. The number of rotatable bonds is 3. The monoisotopic (exact) mass is 312 g/mol. The molecule has 100 valence electrons. The largest absolute Gasteiger partial charge is 0.389 e. The van der Waals surface area contributed by atoms with Crippen LogP contribution in [0.4, 0.5) is 5.69 Å². The molecule has 1 aromatic rings. The van der Waals surface area contributed by atoms with E-state index in [1.165, 1.54) is 12.1 Å². The average Bonchev–Trinajstić information content (AvgIpc) is 2.77. The predicted molar refractivity (Wildman–Crippen MR) is 79.1 cm³/mol. The van der Waals surface area contributed by atoms with Gasteiger partial charge in [-0.15, -0.1) is 0 Å². The molecule has 3 nitrogen and oxygen atoms in total. The Balaban J connectivity index is 2.13. The van der Waals surface area contributed by atoms with Gasteiger partial charge in [-0.3, -0.25) is 0 Å². The van der Waals surface area contributed by atoms with Gasteiger partial charge in [-0.2, -0.15) is 0 Å². The molecule has 1 saturated heterocycles. The fraction of sp³-hybridized carbons (Fsp3) is 0.571. The number of halogens is 1. The van der Waals surface area contributed by atoms with Crippen LogP contribution in [0.5, 0.6) is 0 Å². The normalized spacial score (nSPS) is 21.7. The van der Waals surface area contributed by atoms with Crippen LogP contribution in [0, 0.1) is 0 Å². The summed E-state index contributed by atoms with van der Waals surface area (Å²) in [5, 5.41) is 9.63. The third-order valence-electron chi connectivity index (χ3n) is 3.69. The van der Waals surface area contributed by atoms with E-state index in [4.69, 9.17) is 0 Å². The van der Waals surface area contributed by atoms with Gasteiger partial charge in [-0.25, -0.2) is 0 Å². The molecule has 0 amide bonds. The second-order valence-corrected chi connectivity index (χ2v) is 6.09. The Morgan fingerprint density at radius 2 is 2.17 bits per heavy atom. The molecule has 18 heavy (non-hydrogen) atoms. The number of benzene rings is 1. The molecule has 1 aliphatic rings. The number of aliphatic hydroxyl groups is 1. The standard InChI is InChI=1S/C14H21BrN2O/c1-10(18)13-5-4-11(8-14(13)15)17-7-6-12(9-17)16(2)3/h4-5,8,10,12,18H,6-7,9H2,1-3H3. The van der Waals surface area contributed by atoms with E-state index in [1.807, 2.05) is 6.07 Å². The van der Waals surface area contributed by atoms with Crippen molar-refractivity contribution in [2.24, 2.45) is 0 Å². The van der Waals surface area contributed by atoms with Gasteiger partial charge in [-0.05, 0) is 45.1 Å². The predicted octanol–water partition coefficient (Wildman–Crippen LogP) is 2.64. The summed E-state index contributed by atoms with van der Waals surface area (Å²) in [6, 6.07) is 6.86. The second kappa shape index (κ2) is 5.59. The summed E-state index contributed by atoms with van der Waals surface area (Å²) >= 11 is 3.54. The first-order valence-corrected chi connectivity index (χ1v) is 7.17. The minimum absolute atomic E-state index is 0.429. The third kappa shape index (κ3) is 2.87. The number of aliphatic hydroxyl groups excluding tert-OH is 1. The molecule has 2 atom stereocenters. The second-order valence-electron chi connectivity index (χ2n) is 5.23. The number of nitrogens with zero attached hydrogens (tertiary/aromatic N) is 2. The summed E-state index contributed by atoms with van der Waals surface area (Å²) in [6.45, 7) is 3.97. The minimum atomic E-state index is -0.429. The van der Waals surface area contributed by atoms with Crippen molar-refractivity contribution < 1.29 is 5.11 Å². The van der Waals surface area contributed by atoms with Crippen LogP contribution >= 0.6 is 15.9 Å². The summed E-state index contributed by atoms with van der Waals surface area (Å²) < 4.78 is 0.989. The van der Waals surface area contributed by atoms with Crippen molar-refractivity contribution in [3.8, 4) is 0 Å². The van der Waals surface area contributed by atoms with Crippen LogP contribution < -0.4 is 4.90 Å². The summed E-state index contributed by atoms with van der Waals surface area (Å²) in [5.74, 6) is 0. The molecular formula is C14H21BrN2O. The van der Waals surface area contributed by atoms with Gasteiger partial charge >= 0.3 is 0 Å². The first-order chi connectivity index (χ1) is 8.49. The van der Waals surface area contributed by atoms with Crippen LogP contribution in [0.3, 0.4) is 0 Å². The Morgan fingerprint density at radius 3 is 2.67 bits per heavy atom. The summed E-state index contributed by atoms with van der Waals surface area (Å²) in [4.78, 5) is 4.69. The van der Waals surface area contributed by atoms with Crippen LogP contribution in [0.25, 0.3) is 0 Å². The lowest BCUT2D eigenvalue weighted by Gasteiger charge is -2.22. The highest BCUT2D eigenvalue weighted by Gasteiger charge is 2.24. The Morgan fingerprint density at radius 1 is 1.44 bits per heavy atom. The zero-order valence-corrected chi connectivity index (χ0v) is 12.8. The van der Waals surface area contributed by atoms with Crippen molar-refractivity contribution in [1.29, 1.82) is 0 Å². The Bertz CT molecular complexity index is 420. The highest BCUT2D eigenvalue weighted by molar-refractivity contribution is 9.10. The lowest BCUT2D eigenvalue weighted by Crippen LogP contribution is -2.31. The lowest BCUT2D eigenvalue weighted by molar-refractivity contribution is 0.198. The van der Waals surface area contributed by atoms with Gasteiger partial charge in [0.05, 0.1) is 6.10 Å². The topological polar surface area (TPSA) is 26.7 Å². The quantitative estimate of drug-likeness (QED) is 0.929. The van der Waals surface area contributed by atoms with Gasteiger partial charge in [0.15, 0.2) is 0 Å². The van der Waals surface area contributed by atoms with E-state index in [9.17, 15) is 5.11 Å². The highest BCUT2D eigenvalue weighted by Crippen LogP contribution is 2.30. The van der Waals surface area contributed by atoms with E-state index >= 15 is 0 Å². The molecule has 0 aliphatic carbocycles. The van der Waals surface area contributed by atoms with Gasteiger partial charge < -0.3 is 14.9 Å². The van der Waals surface area contributed by atoms with Gasteiger partial charge in [0.2, 0.25) is 0 Å². The molecule has 2 rings (SSSR count). The molecule has 1 aliphatic heterocycles. The van der Waals surface area contributed by atoms with E-state index < -0.39 is 6.10 Å². The van der Waals surface area contributed by atoms with Gasteiger partial charge in [0, 0.05) is 29.3 Å². The van der Waals surface area contributed by atoms with Gasteiger partial charge in [0.25, 0.3) is 0 Å². The maximum Gasteiger partial charge on any atom is 0.0772 e. The van der Waals surface area contributed by atoms with E-state index in [0.717, 1.165) is 23.1 Å². The van der Waals surface area contributed by atoms with Gasteiger partial charge in [0.1, 0.15) is 0 Å². The SMILES string of the molecule is CC(O)c1ccc(N2CCC(N(C)C)C2)cc1Br. The molecule has 2 unspecified atom stereocenters. The van der Waals surface area contributed by atoms with Crippen LogP contribution in [0.15, 0.2) is 22.7 Å². The maximum atomic E-state index is 9.63. The Kier molecular flexibility index (Phi) is 4.30. The minimum Gasteiger partial charge on any atom is -0.389 e. The molecule has 1 fully saturated rings. The first kappa shape index (κ1) is 13.8. The fourth-order valence-electron chi connectivity index (χ4n) is 2.45. The zero-order valence-electron chi connectivity index (χ0n) is 11.2. The number of anilines is 1. The smallest absolute Gasteiger partial charge is 0.0772 e. The van der Waals surface area contributed by atoms with E-state index in [2.05, 4.69) is 52.0 Å². The molecule has 1 N–H and O–H groups in total. The third-order valence-corrected chi connectivity index (χ3v) is 4.38. The highest BCUT2D eigenvalue weighted by atomic mass is 79.9. The number of hydrogen-bond donors (Lipinski definition) is 1. The van der Waals surface area contributed by atoms with Crippen molar-refractivity contribution in [1.82, 2.24) is 4.90 Å². The van der Waals surface area contributed by atoms with Crippen molar-refractivity contribution >= 4 is 21.6 Å². The molecule has 4 heteroatoms. The molecule has 1 aromatic carbocycles. The average molecular weight is 313 g/mol. The maximum absolute atomic E-state index is 9.63. The Hall–Kier alpha value is -0.580. The molecule has 0 aromatic heterocycles. The molecule has 0 saturated carbocycles. The summed E-state index contributed by atoms with van der Waals surface area (Å²) in [5.41, 5.74) is 2.18. The van der Waals surface area contributed by atoms with Crippen molar-refractivity contribution in [2.75, 3.05) is 32.1 Å². The molecule has 0 bridgehead atoms. The van der Waals surface area contributed by atoms with Gasteiger partial charge in [-0.1, -0.05) is 22.0 Å². The van der Waals surface area contributed by atoms with E-state index in [0.29, 0.717) is 6.04 Å². The van der Waals surface area contributed by atoms with Crippen LogP contribution in [0.1, 0.15) is 25.0 Å². The van der Waals surface area contributed by atoms with Crippen molar-refractivity contribution in [3.05, 3.63) is 28.2 Å². The van der Waals surface area contributed by atoms with Crippen LogP contribution in [-0.4, -0.2) is 43.2 Å². The van der Waals surface area contributed by atoms with Crippen molar-refractivity contribution in [3.63, 3.8) is 0 Å². The molecular weight excluding hydrogens is 292 g/mol. The Labute approximate surface area is 118 Å². The molecule has 1 heterocycles. The van der Waals surface area contributed by atoms with Crippen LogP contribution in [-0.2, 0) is 0 Å². The first-order valence-electron chi connectivity index (χ1n) is 6.38. The van der Waals surface area contributed by atoms with Crippen LogP contribution in [0.2, 0.25) is 0 Å². The molecule has 0 spiro atoms. The molecule has 0 radical (unpaired) electrons. The van der Waals surface area contributed by atoms with E-state index in [1.54, 1.807) is 6.92 Å². The zero-order chi connectivity index (χ0) is 13.3. The van der Waals surface area contributed by atoms with E-state index in [-0.39, 0.29) is 0 Å². The summed E-state index contributed by atoms with van der Waals surface area (Å²) in [6.07, 6.45) is 0.782. The number of likely N-dealkylation sites (N-methyl/N-ethyl adjacent to an activating group) is 1. The lowest BCUT2D eigenvalue weighted by atomic mass is 10.1. The number of hydrogen-bond acceptors (Lipinski definition) is 3.